The molecule has 4 rings (SSSR count). The normalized spacial score (nSPS) is 19.0. The standard InChI is InChI=1S/C31H39N3O2/c1-4-5-14-28-26(29(32)36)21-25(20-24-12-7-6-8-13-24)30(33-18-16-31(3,22-35)17-19-33)34(28)27-15-10-9-11-23(27)2/h6-15,21,35H,4-5,16-20,22H2,1-3H3,(H2,32,36)/b28-14+. The number of piperidine rings is 1. The Bertz CT molecular complexity index is 1170. The maximum Gasteiger partial charge on any atom is 0.250 e. The molecule has 2 aliphatic rings. The zero-order valence-corrected chi connectivity index (χ0v) is 21.8. The second-order valence-corrected chi connectivity index (χ2v) is 10.4. The van der Waals surface area contributed by atoms with Gasteiger partial charge in [-0.1, -0.05) is 74.9 Å². The van der Waals surface area contributed by atoms with Gasteiger partial charge in [-0.2, -0.15) is 0 Å². The monoisotopic (exact) mass is 485 g/mol. The Morgan fingerprint density at radius 2 is 1.75 bits per heavy atom. The van der Waals surface area contributed by atoms with Gasteiger partial charge in [0.15, 0.2) is 0 Å². The molecular weight excluding hydrogens is 446 g/mol. The van der Waals surface area contributed by atoms with Gasteiger partial charge in [0.1, 0.15) is 5.82 Å². The third-order valence-corrected chi connectivity index (χ3v) is 7.47. The van der Waals surface area contributed by atoms with Gasteiger partial charge >= 0.3 is 0 Å². The van der Waals surface area contributed by atoms with E-state index in [1.807, 2.05) is 18.2 Å². The molecule has 1 fully saturated rings. The van der Waals surface area contributed by atoms with Crippen molar-refractivity contribution in [3.05, 3.63) is 101 Å². The van der Waals surface area contributed by atoms with Gasteiger partial charge < -0.3 is 15.7 Å². The summed E-state index contributed by atoms with van der Waals surface area (Å²) in [6.07, 6.45) is 8.52. The third kappa shape index (κ3) is 5.41. The number of carbonyl (C=O) groups is 1. The van der Waals surface area contributed by atoms with Crippen LogP contribution < -0.4 is 10.6 Å². The van der Waals surface area contributed by atoms with Gasteiger partial charge in [-0.3, -0.25) is 9.69 Å². The number of primary amides is 1. The summed E-state index contributed by atoms with van der Waals surface area (Å²) < 4.78 is 0. The van der Waals surface area contributed by atoms with Crippen LogP contribution in [-0.2, 0) is 11.2 Å². The second kappa shape index (κ2) is 11.2. The number of carbonyl (C=O) groups excluding carboxylic acids is 1. The number of hydrogen-bond donors (Lipinski definition) is 2. The van der Waals surface area contributed by atoms with Crippen LogP contribution in [0.1, 0.15) is 50.7 Å². The smallest absolute Gasteiger partial charge is 0.250 e. The van der Waals surface area contributed by atoms with Gasteiger partial charge in [0.05, 0.1) is 17.0 Å². The Morgan fingerprint density at radius 3 is 2.36 bits per heavy atom. The average Bonchev–Trinajstić information content (AvgIpc) is 2.89. The first-order chi connectivity index (χ1) is 17.4. The first-order valence-electron chi connectivity index (χ1n) is 13.1. The molecular formula is C31H39N3O2. The molecule has 0 radical (unpaired) electrons. The molecule has 0 saturated carbocycles. The molecule has 1 saturated heterocycles. The summed E-state index contributed by atoms with van der Waals surface area (Å²) in [6.45, 7) is 8.31. The fraction of sp³-hybridized carbons (Fsp3) is 0.387. The highest BCUT2D eigenvalue weighted by Gasteiger charge is 2.37. The summed E-state index contributed by atoms with van der Waals surface area (Å²) in [5, 5.41) is 9.98. The summed E-state index contributed by atoms with van der Waals surface area (Å²) >= 11 is 0. The van der Waals surface area contributed by atoms with Crippen molar-refractivity contribution in [3.63, 3.8) is 0 Å². The number of unbranched alkanes of at least 4 members (excludes halogenated alkanes) is 1. The number of nitrogens with zero attached hydrogens (tertiary/aromatic N) is 2. The number of likely N-dealkylation sites (tertiary alicyclic amines) is 1. The Balaban J connectivity index is 1.93. The van der Waals surface area contributed by atoms with E-state index in [-0.39, 0.29) is 12.0 Å². The SMILES string of the molecule is CCC/C=C1\C(C(N)=O)=CC(Cc2ccccc2)=C(N2CCC(C)(CO)CC2)N1c1ccccc1C. The van der Waals surface area contributed by atoms with Crippen LogP contribution in [0.4, 0.5) is 5.69 Å². The molecule has 0 aromatic heterocycles. The van der Waals surface area contributed by atoms with Gasteiger partial charge in [-0.25, -0.2) is 0 Å². The number of allylic oxidation sites excluding steroid dienone is 3. The molecule has 0 bridgehead atoms. The molecule has 0 unspecified atom stereocenters. The number of amides is 1. The van der Waals surface area contributed by atoms with Crippen molar-refractivity contribution in [2.45, 2.75) is 52.9 Å². The number of aliphatic hydroxyl groups is 1. The lowest BCUT2D eigenvalue weighted by molar-refractivity contribution is -0.114. The fourth-order valence-electron chi connectivity index (χ4n) is 5.14. The minimum absolute atomic E-state index is 0.0616. The molecule has 2 aromatic rings. The van der Waals surface area contributed by atoms with Crippen LogP contribution in [0.3, 0.4) is 0 Å². The van der Waals surface area contributed by atoms with Gasteiger partial charge in [0.25, 0.3) is 5.91 Å². The van der Waals surface area contributed by atoms with E-state index in [1.54, 1.807) is 0 Å². The van der Waals surface area contributed by atoms with E-state index in [0.717, 1.165) is 67.1 Å². The third-order valence-electron chi connectivity index (χ3n) is 7.47. The molecule has 190 valence electrons. The van der Waals surface area contributed by atoms with Gasteiger partial charge in [0.2, 0.25) is 0 Å². The van der Waals surface area contributed by atoms with Crippen LogP contribution in [0.15, 0.2) is 89.4 Å². The lowest BCUT2D eigenvalue weighted by Crippen LogP contribution is -2.46. The fourth-order valence-corrected chi connectivity index (χ4v) is 5.14. The number of para-hydroxylation sites is 1. The van der Waals surface area contributed by atoms with E-state index in [0.29, 0.717) is 12.0 Å². The zero-order chi connectivity index (χ0) is 25.7. The highest BCUT2D eigenvalue weighted by Crippen LogP contribution is 2.41. The molecule has 3 N–H and O–H groups in total. The molecule has 2 aromatic carbocycles. The molecule has 2 heterocycles. The summed E-state index contributed by atoms with van der Waals surface area (Å²) in [5.74, 6) is 0.701. The van der Waals surface area contributed by atoms with Crippen LogP contribution >= 0.6 is 0 Å². The molecule has 5 heteroatoms. The van der Waals surface area contributed by atoms with Crippen molar-refractivity contribution in [2.75, 3.05) is 24.6 Å². The number of hydrogen-bond acceptors (Lipinski definition) is 4. The number of aryl methyl sites for hydroxylation is 1. The Hall–Kier alpha value is -3.31. The van der Waals surface area contributed by atoms with Crippen molar-refractivity contribution < 1.29 is 9.90 Å². The van der Waals surface area contributed by atoms with Crippen molar-refractivity contribution in [2.24, 2.45) is 11.1 Å². The lowest BCUT2D eigenvalue weighted by Gasteiger charge is -2.46. The average molecular weight is 486 g/mol. The Labute approximate surface area is 215 Å². The molecule has 0 aliphatic carbocycles. The predicted molar refractivity (Wildman–Crippen MR) is 147 cm³/mol. The molecule has 1 amide bonds. The molecule has 0 spiro atoms. The van der Waals surface area contributed by atoms with Crippen LogP contribution in [-0.4, -0.2) is 35.6 Å². The number of anilines is 1. The Kier molecular flexibility index (Phi) is 8.00. The highest BCUT2D eigenvalue weighted by molar-refractivity contribution is 5.99. The van der Waals surface area contributed by atoms with Crippen molar-refractivity contribution in [1.29, 1.82) is 0 Å². The van der Waals surface area contributed by atoms with Crippen LogP contribution in [0, 0.1) is 12.3 Å². The summed E-state index contributed by atoms with van der Waals surface area (Å²) in [4.78, 5) is 17.5. The van der Waals surface area contributed by atoms with Gasteiger partial charge in [-0.15, -0.1) is 0 Å². The largest absolute Gasteiger partial charge is 0.396 e. The zero-order valence-electron chi connectivity index (χ0n) is 21.8. The van der Waals surface area contributed by atoms with Crippen molar-refractivity contribution in [3.8, 4) is 0 Å². The first kappa shape index (κ1) is 25.8. The number of nitrogens with two attached hydrogens (primary N) is 1. The second-order valence-electron chi connectivity index (χ2n) is 10.4. The maximum absolute atomic E-state index is 12.8. The highest BCUT2D eigenvalue weighted by atomic mass is 16.3. The Morgan fingerprint density at radius 1 is 1.08 bits per heavy atom. The summed E-state index contributed by atoms with van der Waals surface area (Å²) in [7, 11) is 0. The van der Waals surface area contributed by atoms with E-state index in [2.05, 4.69) is 79.1 Å². The predicted octanol–water partition coefficient (Wildman–Crippen LogP) is 5.46. The van der Waals surface area contributed by atoms with E-state index < -0.39 is 5.91 Å². The minimum atomic E-state index is -0.410. The number of benzene rings is 2. The molecule has 36 heavy (non-hydrogen) atoms. The van der Waals surface area contributed by atoms with Crippen LogP contribution in [0.25, 0.3) is 0 Å². The molecule has 2 aliphatic heterocycles. The first-order valence-corrected chi connectivity index (χ1v) is 13.1. The minimum Gasteiger partial charge on any atom is -0.396 e. The van der Waals surface area contributed by atoms with E-state index in [1.165, 1.54) is 5.56 Å². The molecule has 5 nitrogen and oxygen atoms in total. The molecule has 0 atom stereocenters. The van der Waals surface area contributed by atoms with E-state index in [4.69, 9.17) is 5.73 Å². The lowest BCUT2D eigenvalue weighted by atomic mass is 9.81. The summed E-state index contributed by atoms with van der Waals surface area (Å²) in [6, 6.07) is 18.7. The van der Waals surface area contributed by atoms with E-state index >= 15 is 0 Å². The van der Waals surface area contributed by atoms with Gasteiger partial charge in [-0.05, 0) is 60.4 Å². The van der Waals surface area contributed by atoms with Gasteiger partial charge in [0, 0.05) is 26.1 Å². The topological polar surface area (TPSA) is 69.8 Å². The summed E-state index contributed by atoms with van der Waals surface area (Å²) in [5.41, 5.74) is 11.8. The van der Waals surface area contributed by atoms with Crippen LogP contribution in [0.5, 0.6) is 0 Å². The maximum atomic E-state index is 12.8. The van der Waals surface area contributed by atoms with Crippen molar-refractivity contribution >= 4 is 11.6 Å². The van der Waals surface area contributed by atoms with E-state index in [9.17, 15) is 9.90 Å². The van der Waals surface area contributed by atoms with Crippen molar-refractivity contribution in [1.82, 2.24) is 4.90 Å². The van der Waals surface area contributed by atoms with Crippen LogP contribution in [0.2, 0.25) is 0 Å². The quantitative estimate of drug-likeness (QED) is 0.521. The number of rotatable bonds is 8. The number of aliphatic hydroxyl groups excluding tert-OH is 1.